The highest BCUT2D eigenvalue weighted by molar-refractivity contribution is 6.62. The van der Waals surface area contributed by atoms with Crippen molar-refractivity contribution in [2.24, 2.45) is 0 Å². The largest absolute Gasteiger partial charge is 0.497 e. The average Bonchev–Trinajstić information content (AvgIpc) is 2.76. The summed E-state index contributed by atoms with van der Waals surface area (Å²) in [6.07, 6.45) is -0.164. The fourth-order valence-electron chi connectivity index (χ4n) is 2.74. The lowest BCUT2D eigenvalue weighted by Gasteiger charge is -2.32. The zero-order valence-corrected chi connectivity index (χ0v) is 15.4. The van der Waals surface area contributed by atoms with Crippen LogP contribution in [0.2, 0.25) is 0 Å². The lowest BCUT2D eigenvalue weighted by molar-refractivity contribution is 0.00578. The third kappa shape index (κ3) is 3.58. The van der Waals surface area contributed by atoms with Gasteiger partial charge >= 0.3 is 7.12 Å². The molecule has 0 saturated carbocycles. The lowest BCUT2D eigenvalue weighted by atomic mass is 9.78. The normalized spacial score (nSPS) is 19.7. The van der Waals surface area contributed by atoms with E-state index >= 15 is 0 Å². The summed E-state index contributed by atoms with van der Waals surface area (Å²) in [6.45, 7) is 9.73. The first-order valence-electron chi connectivity index (χ1n) is 8.56. The summed E-state index contributed by atoms with van der Waals surface area (Å²) in [7, 11) is -0.717. The maximum absolute atomic E-state index is 14.6. The van der Waals surface area contributed by atoms with E-state index in [1.54, 1.807) is 12.1 Å². The van der Waals surface area contributed by atoms with Crippen LogP contribution in [0, 0.1) is 5.82 Å². The Balaban J connectivity index is 1.76. The summed E-state index contributed by atoms with van der Waals surface area (Å²) in [4.78, 5) is 0. The molecule has 3 rings (SSSR count). The molecule has 0 aromatic heterocycles. The van der Waals surface area contributed by atoms with Crippen LogP contribution in [-0.2, 0) is 9.31 Å². The standard InChI is InChI=1S/C20H24BFO3/c1-14(15-9-7-6-8-10-15)23-16-11-12-17(18(22)13-16)21-24-19(2,3)20(4,5)25-21/h6-14H,1-5H3/t14-/m0/s1. The van der Waals surface area contributed by atoms with Crippen LogP contribution in [0.1, 0.15) is 46.3 Å². The van der Waals surface area contributed by atoms with Gasteiger partial charge in [0.25, 0.3) is 0 Å². The number of ether oxygens (including phenoxy) is 1. The second-order valence-corrected chi connectivity index (χ2v) is 7.44. The Morgan fingerprint density at radius 1 is 0.960 bits per heavy atom. The summed E-state index contributed by atoms with van der Waals surface area (Å²) in [6, 6.07) is 14.6. The molecule has 0 aliphatic carbocycles. The molecule has 0 amide bonds. The molecule has 2 aromatic carbocycles. The van der Waals surface area contributed by atoms with Gasteiger partial charge in [0.2, 0.25) is 0 Å². The van der Waals surface area contributed by atoms with E-state index in [1.165, 1.54) is 6.07 Å². The van der Waals surface area contributed by atoms with E-state index in [1.807, 2.05) is 65.0 Å². The maximum atomic E-state index is 14.6. The maximum Gasteiger partial charge on any atom is 0.497 e. The summed E-state index contributed by atoms with van der Waals surface area (Å²) in [5.74, 6) is 0.0883. The minimum absolute atomic E-state index is 0.164. The van der Waals surface area contributed by atoms with Gasteiger partial charge < -0.3 is 14.0 Å². The zero-order chi connectivity index (χ0) is 18.2. The van der Waals surface area contributed by atoms with Gasteiger partial charge in [0.05, 0.1) is 11.2 Å². The van der Waals surface area contributed by atoms with Crippen molar-refractivity contribution in [1.82, 2.24) is 0 Å². The van der Waals surface area contributed by atoms with Gasteiger partial charge in [-0.15, -0.1) is 0 Å². The molecule has 0 spiro atoms. The lowest BCUT2D eigenvalue weighted by Crippen LogP contribution is -2.41. The molecule has 1 saturated heterocycles. The van der Waals surface area contributed by atoms with Gasteiger partial charge in [-0.1, -0.05) is 36.4 Å². The fourth-order valence-corrected chi connectivity index (χ4v) is 2.74. The highest BCUT2D eigenvalue weighted by Gasteiger charge is 2.52. The van der Waals surface area contributed by atoms with Gasteiger partial charge in [0.1, 0.15) is 17.7 Å². The fraction of sp³-hybridized carbons (Fsp3) is 0.400. The Labute approximate surface area is 149 Å². The molecular formula is C20H24BFO3. The molecule has 0 N–H and O–H groups in total. The minimum atomic E-state index is -0.717. The van der Waals surface area contributed by atoms with Crippen molar-refractivity contribution in [3.63, 3.8) is 0 Å². The SMILES string of the molecule is C[C@H](Oc1ccc(B2OC(C)(C)C(C)(C)O2)c(F)c1)c1ccccc1. The van der Waals surface area contributed by atoms with Crippen LogP contribution in [0.4, 0.5) is 4.39 Å². The number of hydrogen-bond acceptors (Lipinski definition) is 3. The van der Waals surface area contributed by atoms with E-state index in [2.05, 4.69) is 0 Å². The molecule has 3 nitrogen and oxygen atoms in total. The van der Waals surface area contributed by atoms with Gasteiger partial charge in [0.15, 0.2) is 0 Å². The van der Waals surface area contributed by atoms with Crippen molar-refractivity contribution in [3.8, 4) is 5.75 Å². The van der Waals surface area contributed by atoms with Crippen molar-refractivity contribution >= 4 is 12.6 Å². The topological polar surface area (TPSA) is 27.7 Å². The first-order valence-corrected chi connectivity index (χ1v) is 8.56. The highest BCUT2D eigenvalue weighted by Crippen LogP contribution is 2.36. The Bertz CT molecular complexity index is 730. The molecule has 1 heterocycles. The number of benzene rings is 2. The van der Waals surface area contributed by atoms with E-state index in [0.29, 0.717) is 11.2 Å². The van der Waals surface area contributed by atoms with E-state index in [-0.39, 0.29) is 6.10 Å². The summed E-state index contributed by atoms with van der Waals surface area (Å²) in [5, 5.41) is 0. The van der Waals surface area contributed by atoms with Crippen LogP contribution in [0.15, 0.2) is 48.5 Å². The molecule has 0 bridgehead atoms. The summed E-state index contributed by atoms with van der Waals surface area (Å²) in [5.41, 5.74) is 0.429. The van der Waals surface area contributed by atoms with Crippen molar-refractivity contribution in [2.75, 3.05) is 0 Å². The Hall–Kier alpha value is -1.85. The Morgan fingerprint density at radius 3 is 2.12 bits per heavy atom. The Morgan fingerprint density at radius 2 is 1.56 bits per heavy atom. The average molecular weight is 342 g/mol. The van der Waals surface area contributed by atoms with Crippen LogP contribution in [0.5, 0.6) is 5.75 Å². The third-order valence-corrected chi connectivity index (χ3v) is 5.06. The van der Waals surface area contributed by atoms with Crippen LogP contribution in [-0.4, -0.2) is 18.3 Å². The van der Waals surface area contributed by atoms with Crippen molar-refractivity contribution in [2.45, 2.75) is 51.9 Å². The van der Waals surface area contributed by atoms with Gasteiger partial charge in [-0.25, -0.2) is 4.39 Å². The molecule has 0 unspecified atom stereocenters. The van der Waals surface area contributed by atoms with Gasteiger partial charge in [-0.2, -0.15) is 0 Å². The van der Waals surface area contributed by atoms with Crippen LogP contribution >= 0.6 is 0 Å². The van der Waals surface area contributed by atoms with Gasteiger partial charge in [-0.3, -0.25) is 0 Å². The van der Waals surface area contributed by atoms with Crippen molar-refractivity contribution < 1.29 is 18.4 Å². The molecule has 2 aromatic rings. The quantitative estimate of drug-likeness (QED) is 0.777. The molecule has 1 aliphatic heterocycles. The zero-order valence-electron chi connectivity index (χ0n) is 15.4. The summed E-state index contributed by atoms with van der Waals surface area (Å²) >= 11 is 0. The molecule has 132 valence electrons. The monoisotopic (exact) mass is 342 g/mol. The molecule has 0 radical (unpaired) electrons. The second-order valence-electron chi connectivity index (χ2n) is 7.44. The molecular weight excluding hydrogens is 318 g/mol. The van der Waals surface area contributed by atoms with Gasteiger partial charge in [-0.05, 0) is 46.2 Å². The third-order valence-electron chi connectivity index (χ3n) is 5.06. The number of rotatable bonds is 4. The van der Waals surface area contributed by atoms with E-state index < -0.39 is 24.1 Å². The first-order chi connectivity index (χ1) is 11.7. The molecule has 25 heavy (non-hydrogen) atoms. The summed E-state index contributed by atoms with van der Waals surface area (Å²) < 4.78 is 32.3. The van der Waals surface area contributed by atoms with Crippen LogP contribution in [0.25, 0.3) is 0 Å². The van der Waals surface area contributed by atoms with E-state index in [0.717, 1.165) is 5.56 Å². The van der Waals surface area contributed by atoms with Crippen molar-refractivity contribution in [3.05, 3.63) is 59.9 Å². The van der Waals surface area contributed by atoms with E-state index in [4.69, 9.17) is 14.0 Å². The number of halogens is 1. The van der Waals surface area contributed by atoms with Gasteiger partial charge in [0, 0.05) is 11.5 Å². The predicted octanol–water partition coefficient (Wildman–Crippen LogP) is 4.26. The van der Waals surface area contributed by atoms with Crippen LogP contribution in [0.3, 0.4) is 0 Å². The Kier molecular flexibility index (Phi) is 4.65. The predicted molar refractivity (Wildman–Crippen MR) is 97.6 cm³/mol. The first kappa shape index (κ1) is 18.0. The minimum Gasteiger partial charge on any atom is -0.486 e. The highest BCUT2D eigenvalue weighted by atomic mass is 19.1. The smallest absolute Gasteiger partial charge is 0.486 e. The molecule has 1 fully saturated rings. The van der Waals surface area contributed by atoms with E-state index in [9.17, 15) is 4.39 Å². The second kappa shape index (κ2) is 6.47. The molecule has 1 aliphatic rings. The van der Waals surface area contributed by atoms with Crippen molar-refractivity contribution in [1.29, 1.82) is 0 Å². The molecule has 5 heteroatoms. The van der Waals surface area contributed by atoms with Crippen LogP contribution < -0.4 is 10.2 Å². The number of hydrogen-bond donors (Lipinski definition) is 0. The molecule has 1 atom stereocenters.